The van der Waals surface area contributed by atoms with Crippen LogP contribution in [0, 0.1) is 0 Å². The SMILES string of the molecule is Cl.Nc1ccc(-c2cc3ccc(C(=O)N4CCNCC4)cc3[nH]2)c2c1C(=O)NC2=O. The number of nitrogen functional groups attached to an aromatic ring is 1. The first kappa shape index (κ1) is 19.9. The second-order valence-corrected chi connectivity index (χ2v) is 7.26. The molecule has 0 spiro atoms. The highest BCUT2D eigenvalue weighted by Crippen LogP contribution is 2.34. The largest absolute Gasteiger partial charge is 0.398 e. The lowest BCUT2D eigenvalue weighted by molar-refractivity contribution is 0.0735. The van der Waals surface area contributed by atoms with Crippen molar-refractivity contribution in [1.82, 2.24) is 20.5 Å². The van der Waals surface area contributed by atoms with Crippen molar-refractivity contribution in [3.63, 3.8) is 0 Å². The summed E-state index contributed by atoms with van der Waals surface area (Å²) >= 11 is 0. The molecule has 0 bridgehead atoms. The number of fused-ring (bicyclic) bond motifs is 2. The molecule has 9 heteroatoms. The van der Waals surface area contributed by atoms with Crippen LogP contribution in [-0.2, 0) is 0 Å². The zero-order valence-electron chi connectivity index (χ0n) is 16.0. The first-order valence-corrected chi connectivity index (χ1v) is 9.44. The van der Waals surface area contributed by atoms with Crippen molar-refractivity contribution >= 4 is 46.7 Å². The molecule has 5 N–H and O–H groups in total. The number of hydrogen-bond acceptors (Lipinski definition) is 5. The van der Waals surface area contributed by atoms with Crippen LogP contribution < -0.4 is 16.4 Å². The standard InChI is InChI=1S/C21H19N5O3.ClH/c22-14-4-3-13(17-18(14)20(28)25-19(17)27)16-9-11-1-2-12(10-15(11)24-16)21(29)26-7-5-23-6-8-26;/h1-4,9-10,23-24H,5-8,22H2,(H,25,27,28);1H. The summed E-state index contributed by atoms with van der Waals surface area (Å²) in [6, 6.07) is 10.8. The maximum Gasteiger partial charge on any atom is 0.261 e. The van der Waals surface area contributed by atoms with Crippen LogP contribution in [0.1, 0.15) is 31.1 Å². The Kier molecular flexibility index (Phi) is 4.97. The van der Waals surface area contributed by atoms with Gasteiger partial charge in [0.25, 0.3) is 17.7 Å². The number of rotatable bonds is 2. The molecule has 8 nitrogen and oxygen atoms in total. The van der Waals surface area contributed by atoms with Crippen LogP contribution in [0.2, 0.25) is 0 Å². The van der Waals surface area contributed by atoms with Gasteiger partial charge in [-0.2, -0.15) is 0 Å². The number of piperazine rings is 1. The van der Waals surface area contributed by atoms with Gasteiger partial charge in [0.1, 0.15) is 0 Å². The quantitative estimate of drug-likeness (QED) is 0.368. The van der Waals surface area contributed by atoms with Gasteiger partial charge in [0.2, 0.25) is 0 Å². The minimum atomic E-state index is -0.482. The summed E-state index contributed by atoms with van der Waals surface area (Å²) in [6.45, 7) is 2.97. The summed E-state index contributed by atoms with van der Waals surface area (Å²) in [4.78, 5) is 42.2. The topological polar surface area (TPSA) is 120 Å². The summed E-state index contributed by atoms with van der Waals surface area (Å²) in [6.07, 6.45) is 0. The summed E-state index contributed by atoms with van der Waals surface area (Å²) in [5.74, 6) is -0.937. The van der Waals surface area contributed by atoms with Crippen molar-refractivity contribution in [2.75, 3.05) is 31.9 Å². The molecule has 2 aliphatic rings. The van der Waals surface area contributed by atoms with Crippen LogP contribution in [0.15, 0.2) is 36.4 Å². The fourth-order valence-corrected chi connectivity index (χ4v) is 4.01. The van der Waals surface area contributed by atoms with Gasteiger partial charge in [-0.25, -0.2) is 0 Å². The van der Waals surface area contributed by atoms with Gasteiger partial charge in [-0.1, -0.05) is 6.07 Å². The van der Waals surface area contributed by atoms with Crippen molar-refractivity contribution in [2.24, 2.45) is 0 Å². The highest BCUT2D eigenvalue weighted by Gasteiger charge is 2.32. The van der Waals surface area contributed by atoms with Gasteiger partial charge in [-0.05, 0) is 30.3 Å². The molecule has 3 heterocycles. The van der Waals surface area contributed by atoms with E-state index in [0.29, 0.717) is 29.9 Å². The fraction of sp³-hybridized carbons (Fsp3) is 0.190. The number of aromatic nitrogens is 1. The number of aromatic amines is 1. The van der Waals surface area contributed by atoms with Crippen LogP contribution in [0.3, 0.4) is 0 Å². The number of nitrogens with zero attached hydrogens (tertiary/aromatic N) is 1. The third-order valence-corrected chi connectivity index (χ3v) is 5.48. The van der Waals surface area contributed by atoms with Crippen LogP contribution >= 0.6 is 12.4 Å². The van der Waals surface area contributed by atoms with Gasteiger partial charge in [-0.3, -0.25) is 19.7 Å². The van der Waals surface area contributed by atoms with Crippen molar-refractivity contribution in [3.8, 4) is 11.3 Å². The maximum absolute atomic E-state index is 12.8. The number of halogens is 1. The predicted molar refractivity (Wildman–Crippen MR) is 116 cm³/mol. The number of H-pyrrole nitrogens is 1. The molecule has 0 atom stereocenters. The monoisotopic (exact) mass is 425 g/mol. The number of nitrogens with two attached hydrogens (primary N) is 1. The Hall–Kier alpha value is -3.36. The van der Waals surface area contributed by atoms with Gasteiger partial charge in [0, 0.05) is 59.6 Å². The number of hydrogen-bond donors (Lipinski definition) is 4. The molecule has 1 saturated heterocycles. The van der Waals surface area contributed by atoms with E-state index in [4.69, 9.17) is 5.73 Å². The molecule has 154 valence electrons. The Morgan fingerprint density at radius 2 is 1.70 bits per heavy atom. The molecular formula is C21H20ClN5O3. The lowest BCUT2D eigenvalue weighted by Crippen LogP contribution is -2.46. The molecule has 1 fully saturated rings. The number of anilines is 1. The second-order valence-electron chi connectivity index (χ2n) is 7.26. The first-order valence-electron chi connectivity index (χ1n) is 9.44. The molecule has 0 unspecified atom stereocenters. The fourth-order valence-electron chi connectivity index (χ4n) is 4.01. The van der Waals surface area contributed by atoms with E-state index in [1.165, 1.54) is 0 Å². The van der Waals surface area contributed by atoms with Gasteiger partial charge in [0.15, 0.2) is 0 Å². The summed E-state index contributed by atoms with van der Waals surface area (Å²) in [5.41, 5.74) is 9.35. The van der Waals surface area contributed by atoms with E-state index in [-0.39, 0.29) is 35.1 Å². The number of carbonyl (C=O) groups excluding carboxylic acids is 3. The maximum atomic E-state index is 12.8. The number of nitrogens with one attached hydrogen (secondary N) is 3. The minimum Gasteiger partial charge on any atom is -0.398 e. The van der Waals surface area contributed by atoms with E-state index in [0.717, 1.165) is 24.0 Å². The second kappa shape index (κ2) is 7.47. The van der Waals surface area contributed by atoms with Crippen molar-refractivity contribution in [1.29, 1.82) is 0 Å². The van der Waals surface area contributed by atoms with E-state index >= 15 is 0 Å². The molecule has 1 aromatic heterocycles. The molecule has 5 rings (SSSR count). The normalized spacial score (nSPS) is 15.7. The Morgan fingerprint density at radius 3 is 2.47 bits per heavy atom. The number of amides is 3. The van der Waals surface area contributed by atoms with Gasteiger partial charge in [-0.15, -0.1) is 12.4 Å². The van der Waals surface area contributed by atoms with Crippen molar-refractivity contribution in [2.45, 2.75) is 0 Å². The number of benzene rings is 2. The van der Waals surface area contributed by atoms with Gasteiger partial charge in [0.05, 0.1) is 11.1 Å². The smallest absolute Gasteiger partial charge is 0.261 e. The van der Waals surface area contributed by atoms with Crippen molar-refractivity contribution in [3.05, 3.63) is 53.1 Å². The molecule has 2 aliphatic heterocycles. The Bertz CT molecular complexity index is 1200. The van der Waals surface area contributed by atoms with Gasteiger partial charge < -0.3 is 20.9 Å². The highest BCUT2D eigenvalue weighted by atomic mass is 35.5. The van der Waals surface area contributed by atoms with Crippen molar-refractivity contribution < 1.29 is 14.4 Å². The molecular weight excluding hydrogens is 406 g/mol. The van der Waals surface area contributed by atoms with E-state index in [1.54, 1.807) is 12.1 Å². The molecule has 3 amide bonds. The third kappa shape index (κ3) is 3.10. The predicted octanol–water partition coefficient (Wildman–Crippen LogP) is 1.77. The molecule has 0 aliphatic carbocycles. The lowest BCUT2D eigenvalue weighted by Gasteiger charge is -2.27. The highest BCUT2D eigenvalue weighted by molar-refractivity contribution is 6.26. The Balaban J connectivity index is 0.00000218. The lowest BCUT2D eigenvalue weighted by atomic mass is 9.98. The third-order valence-electron chi connectivity index (χ3n) is 5.48. The van der Waals surface area contributed by atoms with E-state index < -0.39 is 11.8 Å². The zero-order valence-corrected chi connectivity index (χ0v) is 16.8. The zero-order chi connectivity index (χ0) is 20.1. The average Bonchev–Trinajstić information content (AvgIpc) is 3.29. The van der Waals surface area contributed by atoms with Crippen LogP contribution in [0.25, 0.3) is 22.2 Å². The van der Waals surface area contributed by atoms with Crippen LogP contribution in [0.4, 0.5) is 5.69 Å². The summed E-state index contributed by atoms with van der Waals surface area (Å²) in [5, 5.41) is 6.45. The summed E-state index contributed by atoms with van der Waals surface area (Å²) in [7, 11) is 0. The van der Waals surface area contributed by atoms with Crippen LogP contribution in [-0.4, -0.2) is 53.8 Å². The van der Waals surface area contributed by atoms with E-state index in [9.17, 15) is 14.4 Å². The Morgan fingerprint density at radius 1 is 0.967 bits per heavy atom. The summed E-state index contributed by atoms with van der Waals surface area (Å²) < 4.78 is 0. The van der Waals surface area contributed by atoms with Crippen LogP contribution in [0.5, 0.6) is 0 Å². The number of imide groups is 1. The average molecular weight is 426 g/mol. The first-order chi connectivity index (χ1) is 14.0. The molecule has 0 saturated carbocycles. The molecule has 30 heavy (non-hydrogen) atoms. The van der Waals surface area contributed by atoms with E-state index in [2.05, 4.69) is 15.6 Å². The van der Waals surface area contributed by atoms with Gasteiger partial charge >= 0.3 is 0 Å². The number of carbonyl (C=O) groups is 3. The Labute approximate surface area is 178 Å². The molecule has 3 aromatic rings. The minimum absolute atomic E-state index is 0. The molecule has 2 aromatic carbocycles. The molecule has 0 radical (unpaired) electrons. The van der Waals surface area contributed by atoms with E-state index in [1.807, 2.05) is 29.2 Å².